The number of rotatable bonds is 8. The zero-order chi connectivity index (χ0) is 24.7. The van der Waals surface area contributed by atoms with Crippen molar-refractivity contribution in [2.24, 2.45) is 23.2 Å². The third-order valence-corrected chi connectivity index (χ3v) is 8.65. The largest absolute Gasteiger partial charge is 0.481 e. The van der Waals surface area contributed by atoms with E-state index in [1.807, 2.05) is 30.3 Å². The minimum Gasteiger partial charge on any atom is -0.481 e. The molecule has 0 atom stereocenters. The fraction of sp³-hybridized carbons (Fsp3) is 0.433. The van der Waals surface area contributed by atoms with E-state index in [2.05, 4.69) is 10.3 Å². The number of carboxylic acid groups (broad SMARTS) is 1. The summed E-state index contributed by atoms with van der Waals surface area (Å²) >= 11 is 0. The number of nitrogens with zero attached hydrogens (tertiary/aromatic N) is 1. The zero-order valence-corrected chi connectivity index (χ0v) is 20.5. The van der Waals surface area contributed by atoms with Crippen LogP contribution in [0.3, 0.4) is 0 Å². The van der Waals surface area contributed by atoms with Crippen LogP contribution in [0.15, 0.2) is 54.6 Å². The van der Waals surface area contributed by atoms with Gasteiger partial charge in [-0.05, 0) is 92.2 Å². The molecule has 4 bridgehead atoms. The highest BCUT2D eigenvalue weighted by atomic mass is 16.4. The molecular weight excluding hydrogens is 450 g/mol. The van der Waals surface area contributed by atoms with Gasteiger partial charge < -0.3 is 15.4 Å². The molecule has 6 nitrogen and oxygen atoms in total. The van der Waals surface area contributed by atoms with Crippen molar-refractivity contribution in [3.05, 3.63) is 71.5 Å². The predicted octanol–water partition coefficient (Wildman–Crippen LogP) is 6.11. The smallest absolute Gasteiger partial charge is 0.307 e. The number of hydrogen-bond acceptors (Lipinski definition) is 3. The van der Waals surface area contributed by atoms with Crippen LogP contribution in [0.1, 0.15) is 66.7 Å². The molecular formula is C30H33N3O3. The molecule has 4 aliphatic carbocycles. The Morgan fingerprint density at radius 1 is 0.972 bits per heavy atom. The fourth-order valence-electron chi connectivity index (χ4n) is 7.62. The molecule has 4 fully saturated rings. The molecule has 1 amide bonds. The van der Waals surface area contributed by atoms with E-state index >= 15 is 0 Å². The molecule has 0 aliphatic heterocycles. The summed E-state index contributed by atoms with van der Waals surface area (Å²) < 4.78 is 0. The molecule has 7 rings (SSSR count). The minimum absolute atomic E-state index is 0.0828. The van der Waals surface area contributed by atoms with Gasteiger partial charge in [-0.2, -0.15) is 0 Å². The molecule has 2 aromatic carbocycles. The first-order chi connectivity index (χ1) is 17.4. The molecule has 3 N–H and O–H groups in total. The van der Waals surface area contributed by atoms with Gasteiger partial charge in [0.1, 0.15) is 11.5 Å². The number of nitrogens with one attached hydrogen (secondary N) is 2. The van der Waals surface area contributed by atoms with E-state index in [1.165, 1.54) is 38.5 Å². The van der Waals surface area contributed by atoms with E-state index in [4.69, 9.17) is 10.1 Å². The van der Waals surface area contributed by atoms with E-state index in [-0.39, 0.29) is 12.3 Å². The number of H-pyrrole nitrogens is 1. The lowest BCUT2D eigenvalue weighted by Crippen LogP contribution is -2.46. The summed E-state index contributed by atoms with van der Waals surface area (Å²) in [5.41, 5.74) is 3.93. The quantitative estimate of drug-likeness (QED) is 0.360. The van der Waals surface area contributed by atoms with Crippen LogP contribution in [0.25, 0.3) is 11.4 Å². The van der Waals surface area contributed by atoms with Crippen molar-refractivity contribution in [1.29, 1.82) is 0 Å². The summed E-state index contributed by atoms with van der Waals surface area (Å²) in [6.45, 7) is 0. The second-order valence-corrected chi connectivity index (χ2v) is 11.4. The Morgan fingerprint density at radius 2 is 1.67 bits per heavy atom. The lowest BCUT2D eigenvalue weighted by atomic mass is 9.48. The number of amides is 1. The molecule has 0 spiro atoms. The first-order valence-corrected chi connectivity index (χ1v) is 13.2. The normalized spacial score (nSPS) is 26.2. The Morgan fingerprint density at radius 3 is 2.33 bits per heavy atom. The number of carbonyl (C=O) groups is 2. The monoisotopic (exact) mass is 483 g/mol. The van der Waals surface area contributed by atoms with Crippen LogP contribution in [0.4, 0.5) is 5.69 Å². The van der Waals surface area contributed by atoms with Gasteiger partial charge in [0.25, 0.3) is 5.91 Å². The molecule has 0 unspecified atom stereocenters. The van der Waals surface area contributed by atoms with Crippen LogP contribution in [-0.2, 0) is 17.6 Å². The van der Waals surface area contributed by atoms with Gasteiger partial charge >= 0.3 is 5.97 Å². The van der Waals surface area contributed by atoms with E-state index in [0.717, 1.165) is 41.9 Å². The number of aryl methyl sites for hydroxylation is 1. The van der Waals surface area contributed by atoms with Gasteiger partial charge in [0, 0.05) is 16.9 Å². The molecule has 4 aliphatic rings. The molecule has 0 saturated heterocycles. The predicted molar refractivity (Wildman–Crippen MR) is 139 cm³/mol. The third kappa shape index (κ3) is 4.69. The van der Waals surface area contributed by atoms with Gasteiger partial charge in [0.05, 0.1) is 6.42 Å². The number of aromatic amines is 1. The summed E-state index contributed by atoms with van der Waals surface area (Å²) in [6.07, 6.45) is 10.1. The van der Waals surface area contributed by atoms with Gasteiger partial charge in [0.15, 0.2) is 0 Å². The van der Waals surface area contributed by atoms with Crippen molar-refractivity contribution < 1.29 is 14.7 Å². The first-order valence-electron chi connectivity index (χ1n) is 13.2. The van der Waals surface area contributed by atoms with Crippen molar-refractivity contribution in [2.45, 2.75) is 57.8 Å². The fourth-order valence-corrected chi connectivity index (χ4v) is 7.62. The van der Waals surface area contributed by atoms with Gasteiger partial charge in [-0.15, -0.1) is 0 Å². The van der Waals surface area contributed by atoms with Crippen LogP contribution < -0.4 is 5.32 Å². The Labute approximate surface area is 211 Å². The molecule has 6 heteroatoms. The first kappa shape index (κ1) is 23.0. The number of anilines is 1. The number of carboxylic acids is 1. The highest BCUT2D eigenvalue weighted by molar-refractivity contribution is 6.04. The van der Waals surface area contributed by atoms with Crippen molar-refractivity contribution in [3.8, 4) is 11.4 Å². The summed E-state index contributed by atoms with van der Waals surface area (Å²) in [4.78, 5) is 32.8. The maximum Gasteiger partial charge on any atom is 0.307 e. The van der Waals surface area contributed by atoms with Crippen LogP contribution in [-0.4, -0.2) is 27.0 Å². The average molecular weight is 484 g/mol. The van der Waals surface area contributed by atoms with Crippen molar-refractivity contribution in [1.82, 2.24) is 9.97 Å². The summed E-state index contributed by atoms with van der Waals surface area (Å²) in [7, 11) is 0. The lowest BCUT2D eigenvalue weighted by Gasteiger charge is -2.57. The number of hydrogen-bond donors (Lipinski definition) is 3. The Kier molecular flexibility index (Phi) is 5.90. The molecule has 1 heterocycles. The number of aromatic nitrogens is 2. The van der Waals surface area contributed by atoms with Gasteiger partial charge in [-0.3, -0.25) is 9.59 Å². The highest BCUT2D eigenvalue weighted by Gasteiger charge is 2.50. The van der Waals surface area contributed by atoms with Crippen LogP contribution >= 0.6 is 0 Å². The second kappa shape index (κ2) is 9.23. The maximum absolute atomic E-state index is 13.4. The number of carbonyl (C=O) groups excluding carboxylic acids is 1. The standard InChI is InChI=1S/C30H33N3O3/c34-26(35)15-19-5-4-8-24(14-19)31-29(36)27-25(32-28(33-27)23-6-2-1-3-7-23)9-10-30-16-20-11-21(17-30)13-22(12-20)18-30/h1-8,14,20-22H,9-13,15-18H2,(H,31,36)(H,32,33)(H,34,35). The summed E-state index contributed by atoms with van der Waals surface area (Å²) in [5, 5.41) is 12.1. The SMILES string of the molecule is O=C(O)Cc1cccc(NC(=O)c2nc(-c3ccccc3)[nH]c2CCC23CC4CC(CC(C4)C2)C3)c1. The molecule has 0 radical (unpaired) electrons. The van der Waals surface area contributed by atoms with Gasteiger partial charge in [0.2, 0.25) is 0 Å². The van der Waals surface area contributed by atoms with Crippen LogP contribution in [0, 0.1) is 23.2 Å². The maximum atomic E-state index is 13.4. The zero-order valence-electron chi connectivity index (χ0n) is 20.5. The number of imidazole rings is 1. The molecule has 4 saturated carbocycles. The topological polar surface area (TPSA) is 95.1 Å². The molecule has 1 aromatic heterocycles. The van der Waals surface area contributed by atoms with E-state index in [9.17, 15) is 9.59 Å². The lowest BCUT2D eigenvalue weighted by molar-refractivity contribution is -0.136. The molecule has 3 aromatic rings. The van der Waals surface area contributed by atoms with Crippen LogP contribution in [0.5, 0.6) is 0 Å². The number of aliphatic carboxylic acids is 1. The van der Waals surface area contributed by atoms with E-state index < -0.39 is 5.97 Å². The average Bonchev–Trinajstić information content (AvgIpc) is 3.27. The Balaban J connectivity index is 1.25. The van der Waals surface area contributed by atoms with Gasteiger partial charge in [-0.1, -0.05) is 42.5 Å². The number of benzene rings is 2. The van der Waals surface area contributed by atoms with Crippen molar-refractivity contribution >= 4 is 17.6 Å². The Bertz CT molecular complexity index is 1240. The summed E-state index contributed by atoms with van der Waals surface area (Å²) in [5.74, 6) is 2.25. The minimum atomic E-state index is -0.898. The molecule has 186 valence electrons. The van der Waals surface area contributed by atoms with Crippen LogP contribution in [0.2, 0.25) is 0 Å². The van der Waals surface area contributed by atoms with E-state index in [0.29, 0.717) is 28.2 Å². The second-order valence-electron chi connectivity index (χ2n) is 11.4. The van der Waals surface area contributed by atoms with Crippen molar-refractivity contribution in [3.63, 3.8) is 0 Å². The van der Waals surface area contributed by atoms with Gasteiger partial charge in [-0.25, -0.2) is 4.98 Å². The van der Waals surface area contributed by atoms with Crippen molar-refractivity contribution in [2.75, 3.05) is 5.32 Å². The third-order valence-electron chi connectivity index (χ3n) is 8.65. The van der Waals surface area contributed by atoms with E-state index in [1.54, 1.807) is 24.3 Å². The molecule has 36 heavy (non-hydrogen) atoms. The highest BCUT2D eigenvalue weighted by Crippen LogP contribution is 2.61. The Hall–Kier alpha value is -3.41. The summed E-state index contributed by atoms with van der Waals surface area (Å²) in [6, 6.07) is 16.9.